The number of nitrogens with zero attached hydrogens (tertiary/aromatic N) is 1. The molecule has 3 aromatic carbocycles. The third-order valence-corrected chi connectivity index (χ3v) is 4.95. The fourth-order valence-corrected chi connectivity index (χ4v) is 3.33. The molecular formula is C22H18BrCl2NO2. The lowest BCUT2D eigenvalue weighted by atomic mass is 10.2. The highest BCUT2D eigenvalue weighted by Gasteiger charge is 2.06. The summed E-state index contributed by atoms with van der Waals surface area (Å²) in [5, 5.41) is 1.18. The number of ether oxygens (including phenoxy) is 2. The minimum absolute atomic E-state index is 0.335. The quantitative estimate of drug-likeness (QED) is 0.329. The second-order valence-electron chi connectivity index (χ2n) is 5.89. The Morgan fingerprint density at radius 3 is 2.46 bits per heavy atom. The molecule has 144 valence electrons. The van der Waals surface area contributed by atoms with E-state index in [2.05, 4.69) is 20.9 Å². The van der Waals surface area contributed by atoms with E-state index in [1.807, 2.05) is 55.5 Å². The molecule has 0 amide bonds. The molecule has 0 fully saturated rings. The van der Waals surface area contributed by atoms with Crippen LogP contribution in [0.4, 0.5) is 5.69 Å². The Bertz CT molecular complexity index is 975. The van der Waals surface area contributed by atoms with Crippen molar-refractivity contribution in [3.63, 3.8) is 0 Å². The van der Waals surface area contributed by atoms with E-state index in [9.17, 15) is 0 Å². The third-order valence-electron chi connectivity index (χ3n) is 3.87. The molecule has 28 heavy (non-hydrogen) atoms. The predicted molar refractivity (Wildman–Crippen MR) is 120 cm³/mol. The van der Waals surface area contributed by atoms with Crippen LogP contribution >= 0.6 is 39.1 Å². The van der Waals surface area contributed by atoms with Crippen LogP contribution in [0.25, 0.3) is 0 Å². The van der Waals surface area contributed by atoms with E-state index >= 15 is 0 Å². The van der Waals surface area contributed by atoms with Gasteiger partial charge in [0, 0.05) is 31.9 Å². The molecule has 0 saturated carbocycles. The average molecular weight is 479 g/mol. The molecule has 0 unspecified atom stereocenters. The Morgan fingerprint density at radius 1 is 0.964 bits per heavy atom. The van der Waals surface area contributed by atoms with Crippen molar-refractivity contribution < 1.29 is 9.47 Å². The minimum Gasteiger partial charge on any atom is -0.494 e. The predicted octanol–water partition coefficient (Wildman–Crippen LogP) is 7.48. The number of rotatable bonds is 7. The summed E-state index contributed by atoms with van der Waals surface area (Å²) in [5.74, 6) is 1.54. The maximum atomic E-state index is 6.23. The second kappa shape index (κ2) is 9.97. The maximum Gasteiger partial charge on any atom is 0.128 e. The molecule has 0 heterocycles. The summed E-state index contributed by atoms with van der Waals surface area (Å²) in [6.45, 7) is 2.93. The van der Waals surface area contributed by atoms with Gasteiger partial charge in [-0.05, 0) is 61.5 Å². The number of benzene rings is 3. The molecule has 0 spiro atoms. The maximum absolute atomic E-state index is 6.23. The Kier molecular flexibility index (Phi) is 7.37. The van der Waals surface area contributed by atoms with Crippen molar-refractivity contribution in [2.45, 2.75) is 13.5 Å². The van der Waals surface area contributed by atoms with E-state index in [-0.39, 0.29) is 0 Å². The van der Waals surface area contributed by atoms with Crippen molar-refractivity contribution in [1.29, 1.82) is 0 Å². The Balaban J connectivity index is 1.76. The lowest BCUT2D eigenvalue weighted by molar-refractivity contribution is 0.306. The van der Waals surface area contributed by atoms with Gasteiger partial charge in [0.2, 0.25) is 0 Å². The van der Waals surface area contributed by atoms with E-state index in [1.165, 1.54) is 0 Å². The molecule has 0 aliphatic carbocycles. The van der Waals surface area contributed by atoms with Crippen LogP contribution in [-0.2, 0) is 6.61 Å². The Morgan fingerprint density at radius 2 is 1.75 bits per heavy atom. The summed E-state index contributed by atoms with van der Waals surface area (Å²) in [7, 11) is 0. The first-order valence-electron chi connectivity index (χ1n) is 8.68. The normalized spacial score (nSPS) is 11.0. The zero-order chi connectivity index (χ0) is 19.9. The molecular weight excluding hydrogens is 461 g/mol. The fourth-order valence-electron chi connectivity index (χ4n) is 2.49. The van der Waals surface area contributed by atoms with Crippen LogP contribution in [0.2, 0.25) is 10.0 Å². The van der Waals surface area contributed by atoms with Gasteiger partial charge < -0.3 is 9.47 Å². The summed E-state index contributed by atoms with van der Waals surface area (Å²) in [5.41, 5.74) is 2.55. The zero-order valence-corrected chi connectivity index (χ0v) is 18.3. The van der Waals surface area contributed by atoms with Crippen molar-refractivity contribution in [2.75, 3.05) is 6.61 Å². The van der Waals surface area contributed by atoms with Crippen molar-refractivity contribution in [1.82, 2.24) is 0 Å². The molecule has 0 aromatic heterocycles. The van der Waals surface area contributed by atoms with Gasteiger partial charge in [-0.3, -0.25) is 4.99 Å². The molecule has 0 radical (unpaired) electrons. The molecule has 3 aromatic rings. The summed E-state index contributed by atoms with van der Waals surface area (Å²) in [6.07, 6.45) is 1.78. The van der Waals surface area contributed by atoms with Crippen molar-refractivity contribution in [3.8, 4) is 11.5 Å². The largest absolute Gasteiger partial charge is 0.494 e. The van der Waals surface area contributed by atoms with Gasteiger partial charge in [-0.2, -0.15) is 0 Å². The molecule has 0 N–H and O–H groups in total. The van der Waals surface area contributed by atoms with Gasteiger partial charge in [-0.25, -0.2) is 0 Å². The molecule has 0 atom stereocenters. The zero-order valence-electron chi connectivity index (χ0n) is 15.2. The van der Waals surface area contributed by atoms with E-state index in [1.54, 1.807) is 18.3 Å². The van der Waals surface area contributed by atoms with Gasteiger partial charge in [0.1, 0.15) is 18.1 Å². The van der Waals surface area contributed by atoms with Crippen LogP contribution in [0.5, 0.6) is 11.5 Å². The summed E-state index contributed by atoms with van der Waals surface area (Å²) >= 11 is 15.7. The summed E-state index contributed by atoms with van der Waals surface area (Å²) < 4.78 is 12.4. The van der Waals surface area contributed by atoms with Crippen molar-refractivity contribution in [3.05, 3.63) is 86.3 Å². The summed E-state index contributed by atoms with van der Waals surface area (Å²) in [4.78, 5) is 4.54. The number of hydrogen-bond donors (Lipinski definition) is 0. The van der Waals surface area contributed by atoms with Gasteiger partial charge in [-0.15, -0.1) is 0 Å². The molecule has 3 rings (SSSR count). The first-order valence-corrected chi connectivity index (χ1v) is 10.2. The highest BCUT2D eigenvalue weighted by Crippen LogP contribution is 2.26. The van der Waals surface area contributed by atoms with Crippen LogP contribution in [-0.4, -0.2) is 12.8 Å². The molecule has 6 heteroatoms. The van der Waals surface area contributed by atoms with Crippen LogP contribution in [0.15, 0.2) is 70.1 Å². The molecule has 0 aliphatic heterocycles. The van der Waals surface area contributed by atoms with Gasteiger partial charge in [0.15, 0.2) is 0 Å². The number of hydrogen-bond acceptors (Lipinski definition) is 3. The van der Waals surface area contributed by atoms with E-state index in [0.29, 0.717) is 29.0 Å². The topological polar surface area (TPSA) is 30.8 Å². The molecule has 0 saturated heterocycles. The first-order chi connectivity index (χ1) is 13.5. The highest BCUT2D eigenvalue weighted by atomic mass is 79.9. The molecule has 3 nitrogen and oxygen atoms in total. The van der Waals surface area contributed by atoms with Crippen LogP contribution < -0.4 is 9.47 Å². The number of halogens is 3. The fraction of sp³-hybridized carbons (Fsp3) is 0.136. The van der Waals surface area contributed by atoms with Gasteiger partial charge in [0.25, 0.3) is 0 Å². The van der Waals surface area contributed by atoms with Gasteiger partial charge >= 0.3 is 0 Å². The summed E-state index contributed by atoms with van der Waals surface area (Å²) in [6, 6.07) is 18.8. The average Bonchev–Trinajstić information content (AvgIpc) is 2.68. The molecule has 0 aliphatic rings. The minimum atomic E-state index is 0.335. The van der Waals surface area contributed by atoms with E-state index < -0.39 is 0 Å². The van der Waals surface area contributed by atoms with Crippen molar-refractivity contribution in [2.24, 2.45) is 4.99 Å². The third kappa shape index (κ3) is 5.74. The highest BCUT2D eigenvalue weighted by molar-refractivity contribution is 9.10. The smallest absolute Gasteiger partial charge is 0.128 e. The Labute approximate surface area is 183 Å². The van der Waals surface area contributed by atoms with E-state index in [0.717, 1.165) is 27.0 Å². The second-order valence-corrected chi connectivity index (χ2v) is 7.65. The number of aliphatic imine (C=N–C) groups is 1. The SMILES string of the molecule is CCOc1ccc(N=Cc2cc(Br)ccc2OCc2ccc(Cl)cc2Cl)cc1. The monoisotopic (exact) mass is 477 g/mol. The standard InChI is InChI=1S/C22H18BrCl2NO2/c1-2-27-20-8-6-19(7-9-20)26-13-16-11-17(23)4-10-22(16)28-14-15-3-5-18(24)12-21(15)25/h3-13H,2,14H2,1H3. The van der Waals surface area contributed by atoms with Gasteiger partial charge in [-0.1, -0.05) is 45.2 Å². The van der Waals surface area contributed by atoms with Gasteiger partial charge in [0.05, 0.1) is 12.3 Å². The van der Waals surface area contributed by atoms with Crippen LogP contribution in [0.3, 0.4) is 0 Å². The van der Waals surface area contributed by atoms with Crippen molar-refractivity contribution >= 4 is 51.0 Å². The lowest BCUT2D eigenvalue weighted by Crippen LogP contribution is -1.99. The van der Waals surface area contributed by atoms with Crippen LogP contribution in [0, 0.1) is 0 Å². The Hall–Kier alpha value is -2.01. The lowest BCUT2D eigenvalue weighted by Gasteiger charge is -2.11. The van der Waals surface area contributed by atoms with E-state index in [4.69, 9.17) is 32.7 Å². The first kappa shape index (κ1) is 20.7. The molecule has 0 bridgehead atoms. The van der Waals surface area contributed by atoms with Crippen LogP contribution in [0.1, 0.15) is 18.1 Å².